The Kier molecular flexibility index (Phi) is 5.04. The zero-order valence-corrected chi connectivity index (χ0v) is 13.4. The smallest absolute Gasteiger partial charge is 0.227 e. The van der Waals surface area contributed by atoms with Crippen LogP contribution in [0.1, 0.15) is 6.42 Å². The van der Waals surface area contributed by atoms with E-state index in [1.807, 2.05) is 29.6 Å². The first-order chi connectivity index (χ1) is 10.7. The molecule has 1 aromatic heterocycles. The van der Waals surface area contributed by atoms with Gasteiger partial charge in [0.2, 0.25) is 5.91 Å². The maximum absolute atomic E-state index is 12.0. The van der Waals surface area contributed by atoms with Gasteiger partial charge in [-0.25, -0.2) is 4.98 Å². The number of thiazole rings is 1. The minimum absolute atomic E-state index is 0.0602. The van der Waals surface area contributed by atoms with Gasteiger partial charge in [0.25, 0.3) is 0 Å². The lowest BCUT2D eigenvalue weighted by Crippen LogP contribution is -2.43. The summed E-state index contributed by atoms with van der Waals surface area (Å²) in [7, 11) is 0. The highest BCUT2D eigenvalue weighted by Crippen LogP contribution is 2.26. The van der Waals surface area contributed by atoms with E-state index >= 15 is 0 Å². The minimum atomic E-state index is -0.0602. The normalized spacial score (nSPS) is 18.1. The number of hydrogen-bond donors (Lipinski definition) is 2. The Morgan fingerprint density at radius 2 is 2.45 bits per heavy atom. The molecule has 1 aliphatic rings. The fraction of sp³-hybridized carbons (Fsp3) is 0.333. The van der Waals surface area contributed by atoms with Gasteiger partial charge < -0.3 is 15.4 Å². The molecule has 3 rings (SSSR count). The third-order valence-corrected chi connectivity index (χ3v) is 4.29. The van der Waals surface area contributed by atoms with E-state index in [0.717, 1.165) is 17.8 Å². The molecule has 1 amide bonds. The van der Waals surface area contributed by atoms with Crippen LogP contribution in [-0.2, 0) is 9.53 Å². The number of anilines is 1. The zero-order valence-electron chi connectivity index (χ0n) is 11.8. The maximum atomic E-state index is 12.0. The summed E-state index contributed by atoms with van der Waals surface area (Å²) in [6.45, 7) is 2.06. The van der Waals surface area contributed by atoms with E-state index in [1.54, 1.807) is 0 Å². The lowest BCUT2D eigenvalue weighted by atomic mass is 10.2. The molecule has 0 spiro atoms. The molecule has 0 aliphatic carbocycles. The minimum Gasteiger partial charge on any atom is -0.378 e. The molecule has 5 nitrogen and oxygen atoms in total. The molecular formula is C15H16ClN3O2S. The molecule has 22 heavy (non-hydrogen) atoms. The summed E-state index contributed by atoms with van der Waals surface area (Å²) in [6, 6.07) is 7.56. The number of rotatable bonds is 4. The van der Waals surface area contributed by atoms with E-state index in [-0.39, 0.29) is 11.9 Å². The zero-order chi connectivity index (χ0) is 15.4. The first-order valence-corrected chi connectivity index (χ1v) is 8.29. The second kappa shape index (κ2) is 7.19. The summed E-state index contributed by atoms with van der Waals surface area (Å²) in [4.78, 5) is 16.5. The van der Waals surface area contributed by atoms with E-state index in [9.17, 15) is 4.79 Å². The lowest BCUT2D eigenvalue weighted by Gasteiger charge is -2.22. The molecule has 2 aromatic rings. The number of amides is 1. The predicted molar refractivity (Wildman–Crippen MR) is 88.4 cm³/mol. The molecule has 0 radical (unpaired) electrons. The quantitative estimate of drug-likeness (QED) is 0.900. The van der Waals surface area contributed by atoms with Crippen molar-refractivity contribution in [2.45, 2.75) is 12.5 Å². The molecule has 2 N–H and O–H groups in total. The summed E-state index contributed by atoms with van der Waals surface area (Å²) >= 11 is 7.38. The van der Waals surface area contributed by atoms with Crippen molar-refractivity contribution in [1.29, 1.82) is 0 Å². The van der Waals surface area contributed by atoms with Crippen LogP contribution in [-0.4, -0.2) is 36.7 Å². The highest BCUT2D eigenvalue weighted by molar-refractivity contribution is 7.14. The van der Waals surface area contributed by atoms with Crippen LogP contribution in [0.3, 0.4) is 0 Å². The number of morpholine rings is 1. The third-order valence-electron chi connectivity index (χ3n) is 3.30. The van der Waals surface area contributed by atoms with Crippen molar-refractivity contribution in [3.63, 3.8) is 0 Å². The van der Waals surface area contributed by atoms with E-state index in [0.29, 0.717) is 29.8 Å². The number of nitrogens with zero attached hydrogens (tertiary/aromatic N) is 1. The third kappa shape index (κ3) is 4.04. The summed E-state index contributed by atoms with van der Waals surface area (Å²) in [6.07, 6.45) is 0.381. The summed E-state index contributed by atoms with van der Waals surface area (Å²) in [5.74, 6) is -0.0602. The maximum Gasteiger partial charge on any atom is 0.227 e. The van der Waals surface area contributed by atoms with Crippen molar-refractivity contribution >= 4 is 34.0 Å². The molecule has 0 saturated carbocycles. The van der Waals surface area contributed by atoms with Gasteiger partial charge in [-0.3, -0.25) is 4.79 Å². The fourth-order valence-corrected chi connectivity index (χ4v) is 3.18. The van der Waals surface area contributed by atoms with Crippen LogP contribution in [0.15, 0.2) is 29.6 Å². The molecule has 7 heteroatoms. The summed E-state index contributed by atoms with van der Waals surface area (Å²) in [5.41, 5.74) is 1.74. The van der Waals surface area contributed by atoms with Gasteiger partial charge >= 0.3 is 0 Å². The molecule has 2 heterocycles. The largest absolute Gasteiger partial charge is 0.378 e. The van der Waals surface area contributed by atoms with E-state index in [2.05, 4.69) is 15.6 Å². The van der Waals surface area contributed by atoms with Gasteiger partial charge in [-0.15, -0.1) is 11.3 Å². The number of nitrogens with one attached hydrogen (secondary N) is 2. The topological polar surface area (TPSA) is 63.2 Å². The summed E-state index contributed by atoms with van der Waals surface area (Å²) < 4.78 is 5.34. The van der Waals surface area contributed by atoms with Crippen molar-refractivity contribution in [3.05, 3.63) is 34.7 Å². The van der Waals surface area contributed by atoms with Gasteiger partial charge in [0.15, 0.2) is 5.13 Å². The van der Waals surface area contributed by atoms with Gasteiger partial charge in [-0.05, 0) is 12.1 Å². The molecule has 0 bridgehead atoms. The average Bonchev–Trinajstić information content (AvgIpc) is 2.96. The molecule has 1 aliphatic heterocycles. The van der Waals surface area contributed by atoms with Crippen LogP contribution in [0.5, 0.6) is 0 Å². The van der Waals surface area contributed by atoms with Crippen LogP contribution in [0.25, 0.3) is 11.3 Å². The number of ether oxygens (including phenoxy) is 1. The van der Waals surface area contributed by atoms with Crippen LogP contribution in [0, 0.1) is 0 Å². The van der Waals surface area contributed by atoms with Crippen LogP contribution in [0.2, 0.25) is 5.02 Å². The van der Waals surface area contributed by atoms with Gasteiger partial charge in [-0.2, -0.15) is 0 Å². The van der Waals surface area contributed by atoms with Crippen molar-refractivity contribution in [3.8, 4) is 11.3 Å². The highest BCUT2D eigenvalue weighted by atomic mass is 35.5. The first-order valence-electron chi connectivity index (χ1n) is 7.03. The Morgan fingerprint density at radius 1 is 1.55 bits per heavy atom. The first kappa shape index (κ1) is 15.4. The van der Waals surface area contributed by atoms with E-state index < -0.39 is 0 Å². The molecular weight excluding hydrogens is 322 g/mol. The Hall–Kier alpha value is -1.47. The predicted octanol–water partition coefficient (Wildman–Crippen LogP) is 2.78. The van der Waals surface area contributed by atoms with Crippen LogP contribution < -0.4 is 10.6 Å². The van der Waals surface area contributed by atoms with Crippen molar-refractivity contribution in [1.82, 2.24) is 10.3 Å². The molecule has 116 valence electrons. The van der Waals surface area contributed by atoms with Crippen LogP contribution in [0.4, 0.5) is 5.13 Å². The van der Waals surface area contributed by atoms with E-state index in [4.69, 9.17) is 16.3 Å². The van der Waals surface area contributed by atoms with Crippen molar-refractivity contribution in [2.75, 3.05) is 25.1 Å². The van der Waals surface area contributed by atoms with Gasteiger partial charge in [0, 0.05) is 35.0 Å². The Bertz CT molecular complexity index is 656. The number of carbonyl (C=O) groups excluding carboxylic acids is 1. The SMILES string of the molecule is O=C(CC1COCCN1)Nc1nc(-c2cccc(Cl)c2)cs1. The van der Waals surface area contributed by atoms with Crippen molar-refractivity contribution < 1.29 is 9.53 Å². The van der Waals surface area contributed by atoms with Gasteiger partial charge in [0.1, 0.15) is 0 Å². The Balaban J connectivity index is 1.60. The molecule has 1 aromatic carbocycles. The van der Waals surface area contributed by atoms with E-state index in [1.165, 1.54) is 11.3 Å². The Labute approximate surface area is 137 Å². The standard InChI is InChI=1S/C15H16ClN3O2S/c16-11-3-1-2-10(6-11)13-9-22-15(18-13)19-14(20)7-12-8-21-5-4-17-12/h1-3,6,9,12,17H,4-5,7-8H2,(H,18,19,20). The number of carbonyl (C=O) groups is 1. The average molecular weight is 338 g/mol. The number of halogens is 1. The molecule has 1 unspecified atom stereocenters. The van der Waals surface area contributed by atoms with Gasteiger partial charge in [0.05, 0.1) is 18.9 Å². The second-order valence-corrected chi connectivity index (χ2v) is 6.32. The lowest BCUT2D eigenvalue weighted by molar-refractivity contribution is -0.117. The summed E-state index contributed by atoms with van der Waals surface area (Å²) in [5, 5.41) is 9.26. The Morgan fingerprint density at radius 3 is 3.23 bits per heavy atom. The fourth-order valence-electron chi connectivity index (χ4n) is 2.26. The highest BCUT2D eigenvalue weighted by Gasteiger charge is 2.17. The monoisotopic (exact) mass is 337 g/mol. The van der Waals surface area contributed by atoms with Crippen LogP contribution >= 0.6 is 22.9 Å². The number of hydrogen-bond acceptors (Lipinski definition) is 5. The second-order valence-electron chi connectivity index (χ2n) is 5.03. The number of benzene rings is 1. The molecule has 1 fully saturated rings. The van der Waals surface area contributed by atoms with Crippen molar-refractivity contribution in [2.24, 2.45) is 0 Å². The molecule has 1 saturated heterocycles. The van der Waals surface area contributed by atoms with Gasteiger partial charge in [-0.1, -0.05) is 23.7 Å². The molecule has 1 atom stereocenters. The number of aromatic nitrogens is 1.